The summed E-state index contributed by atoms with van der Waals surface area (Å²) in [5.74, 6) is 0.462. The Bertz CT molecular complexity index is 356. The molecule has 5 heteroatoms. The van der Waals surface area contributed by atoms with Crippen LogP contribution in [0.25, 0.3) is 0 Å². The SMILES string of the molecule is O=C(CC1CC2CCC(C1)N2)NCC(=O)NC1CC1. The zero-order chi connectivity index (χ0) is 13.2. The van der Waals surface area contributed by atoms with Crippen molar-refractivity contribution in [3.63, 3.8) is 0 Å². The van der Waals surface area contributed by atoms with Crippen molar-refractivity contribution in [3.05, 3.63) is 0 Å². The van der Waals surface area contributed by atoms with Gasteiger partial charge in [0.05, 0.1) is 6.54 Å². The molecule has 3 fully saturated rings. The predicted molar refractivity (Wildman–Crippen MR) is 71.5 cm³/mol. The van der Waals surface area contributed by atoms with Gasteiger partial charge in [0, 0.05) is 24.5 Å². The second kappa shape index (κ2) is 5.49. The van der Waals surface area contributed by atoms with Crippen molar-refractivity contribution >= 4 is 11.8 Å². The molecule has 0 spiro atoms. The highest BCUT2D eigenvalue weighted by molar-refractivity contribution is 5.85. The van der Waals surface area contributed by atoms with Crippen molar-refractivity contribution in [1.82, 2.24) is 16.0 Å². The van der Waals surface area contributed by atoms with Gasteiger partial charge in [-0.25, -0.2) is 0 Å². The Kier molecular flexibility index (Phi) is 3.73. The second-order valence-electron chi connectivity index (χ2n) is 6.30. The van der Waals surface area contributed by atoms with E-state index >= 15 is 0 Å². The van der Waals surface area contributed by atoms with E-state index in [1.54, 1.807) is 0 Å². The quantitative estimate of drug-likeness (QED) is 0.669. The molecule has 0 aromatic heterocycles. The summed E-state index contributed by atoms with van der Waals surface area (Å²) in [4.78, 5) is 23.3. The Balaban J connectivity index is 1.35. The monoisotopic (exact) mass is 265 g/mol. The summed E-state index contributed by atoms with van der Waals surface area (Å²) < 4.78 is 0. The van der Waals surface area contributed by atoms with Gasteiger partial charge in [-0.1, -0.05) is 0 Å². The lowest BCUT2D eigenvalue weighted by molar-refractivity contribution is -0.126. The van der Waals surface area contributed by atoms with E-state index in [1.165, 1.54) is 12.8 Å². The molecule has 3 aliphatic rings. The maximum atomic E-state index is 11.8. The molecule has 1 saturated carbocycles. The highest BCUT2D eigenvalue weighted by Gasteiger charge is 2.34. The molecule has 5 nitrogen and oxygen atoms in total. The highest BCUT2D eigenvalue weighted by atomic mass is 16.2. The topological polar surface area (TPSA) is 70.2 Å². The van der Waals surface area contributed by atoms with E-state index < -0.39 is 0 Å². The van der Waals surface area contributed by atoms with Crippen LogP contribution in [0.15, 0.2) is 0 Å². The van der Waals surface area contributed by atoms with Gasteiger partial charge in [-0.05, 0) is 44.4 Å². The smallest absolute Gasteiger partial charge is 0.239 e. The Morgan fingerprint density at radius 2 is 1.68 bits per heavy atom. The van der Waals surface area contributed by atoms with Gasteiger partial charge in [-0.2, -0.15) is 0 Å². The molecule has 2 unspecified atom stereocenters. The van der Waals surface area contributed by atoms with Gasteiger partial charge in [0.1, 0.15) is 0 Å². The summed E-state index contributed by atoms with van der Waals surface area (Å²) in [6.45, 7) is 0.132. The maximum absolute atomic E-state index is 11.8. The number of fused-ring (bicyclic) bond motifs is 2. The van der Waals surface area contributed by atoms with E-state index in [-0.39, 0.29) is 18.4 Å². The van der Waals surface area contributed by atoms with Crippen LogP contribution in [0, 0.1) is 5.92 Å². The molecule has 0 radical (unpaired) electrons. The number of hydrogen-bond acceptors (Lipinski definition) is 3. The average Bonchev–Trinajstić information content (AvgIpc) is 3.11. The van der Waals surface area contributed by atoms with Crippen LogP contribution in [0.4, 0.5) is 0 Å². The first-order chi connectivity index (χ1) is 9.19. The lowest BCUT2D eigenvalue weighted by atomic mass is 9.89. The standard InChI is InChI=1S/C14H23N3O2/c18-13(15-8-14(19)17-10-1-2-10)7-9-5-11-3-4-12(6-9)16-11/h9-12,16H,1-8H2,(H,15,18)(H,17,19). The molecule has 0 aromatic rings. The Labute approximate surface area is 113 Å². The Morgan fingerprint density at radius 3 is 2.32 bits per heavy atom. The van der Waals surface area contributed by atoms with Crippen LogP contribution >= 0.6 is 0 Å². The molecule has 2 atom stereocenters. The van der Waals surface area contributed by atoms with Crippen LogP contribution in [0.3, 0.4) is 0 Å². The minimum Gasteiger partial charge on any atom is -0.352 e. The predicted octanol–water partition coefficient (Wildman–Crippen LogP) is 0.302. The number of carbonyl (C=O) groups is 2. The van der Waals surface area contributed by atoms with E-state index in [2.05, 4.69) is 16.0 Å². The van der Waals surface area contributed by atoms with E-state index in [0.29, 0.717) is 30.5 Å². The molecule has 2 heterocycles. The molecular weight excluding hydrogens is 242 g/mol. The van der Waals surface area contributed by atoms with Crippen molar-refractivity contribution in [2.24, 2.45) is 5.92 Å². The fraction of sp³-hybridized carbons (Fsp3) is 0.857. The molecule has 1 aliphatic carbocycles. The first-order valence-electron chi connectivity index (χ1n) is 7.51. The van der Waals surface area contributed by atoms with Crippen LogP contribution in [0.2, 0.25) is 0 Å². The molecule has 3 rings (SSSR count). The normalized spacial score (nSPS) is 32.9. The summed E-state index contributed by atoms with van der Waals surface area (Å²) in [5.41, 5.74) is 0. The fourth-order valence-corrected chi connectivity index (χ4v) is 3.36. The summed E-state index contributed by atoms with van der Waals surface area (Å²) in [6, 6.07) is 1.61. The van der Waals surface area contributed by atoms with Gasteiger partial charge in [0.2, 0.25) is 11.8 Å². The minimum atomic E-state index is -0.0544. The van der Waals surface area contributed by atoms with Crippen LogP contribution in [-0.4, -0.2) is 36.5 Å². The van der Waals surface area contributed by atoms with Crippen LogP contribution in [0.5, 0.6) is 0 Å². The number of nitrogens with one attached hydrogen (secondary N) is 3. The van der Waals surface area contributed by atoms with Crippen molar-refractivity contribution in [2.75, 3.05) is 6.54 Å². The lowest BCUT2D eigenvalue weighted by Crippen LogP contribution is -2.41. The number of hydrogen-bond donors (Lipinski definition) is 3. The van der Waals surface area contributed by atoms with Crippen LogP contribution in [0.1, 0.15) is 44.9 Å². The third-order valence-corrected chi connectivity index (χ3v) is 4.43. The third kappa shape index (κ3) is 3.69. The van der Waals surface area contributed by atoms with Crippen LogP contribution in [-0.2, 0) is 9.59 Å². The van der Waals surface area contributed by atoms with Gasteiger partial charge in [-0.15, -0.1) is 0 Å². The number of amides is 2. The van der Waals surface area contributed by atoms with E-state index in [0.717, 1.165) is 25.7 Å². The van der Waals surface area contributed by atoms with Gasteiger partial charge in [0.15, 0.2) is 0 Å². The van der Waals surface area contributed by atoms with Crippen molar-refractivity contribution in [3.8, 4) is 0 Å². The largest absolute Gasteiger partial charge is 0.352 e. The Morgan fingerprint density at radius 1 is 1.00 bits per heavy atom. The van der Waals surface area contributed by atoms with Crippen LogP contribution < -0.4 is 16.0 Å². The van der Waals surface area contributed by atoms with Crippen molar-refractivity contribution < 1.29 is 9.59 Å². The van der Waals surface area contributed by atoms with E-state index in [9.17, 15) is 9.59 Å². The van der Waals surface area contributed by atoms with E-state index in [4.69, 9.17) is 0 Å². The van der Waals surface area contributed by atoms with E-state index in [1.807, 2.05) is 0 Å². The molecule has 2 saturated heterocycles. The van der Waals surface area contributed by atoms with Gasteiger partial charge in [0.25, 0.3) is 0 Å². The number of rotatable bonds is 5. The zero-order valence-electron chi connectivity index (χ0n) is 11.3. The lowest BCUT2D eigenvalue weighted by Gasteiger charge is -2.28. The Hall–Kier alpha value is -1.10. The molecule has 2 amide bonds. The molecular formula is C14H23N3O2. The highest BCUT2D eigenvalue weighted by Crippen LogP contribution is 2.32. The molecule has 106 valence electrons. The summed E-state index contributed by atoms with van der Waals surface area (Å²) in [5, 5.41) is 9.19. The maximum Gasteiger partial charge on any atom is 0.239 e. The number of carbonyl (C=O) groups excluding carboxylic acids is 2. The summed E-state index contributed by atoms with van der Waals surface area (Å²) >= 11 is 0. The van der Waals surface area contributed by atoms with Gasteiger partial charge < -0.3 is 16.0 Å². The molecule has 19 heavy (non-hydrogen) atoms. The fourth-order valence-electron chi connectivity index (χ4n) is 3.36. The summed E-state index contributed by atoms with van der Waals surface area (Å²) in [6.07, 6.45) is 7.47. The number of piperidine rings is 1. The minimum absolute atomic E-state index is 0.0252. The zero-order valence-corrected chi connectivity index (χ0v) is 11.3. The molecule has 2 aliphatic heterocycles. The average molecular weight is 265 g/mol. The van der Waals surface area contributed by atoms with Crippen molar-refractivity contribution in [2.45, 2.75) is 63.1 Å². The first kappa shape index (κ1) is 12.9. The van der Waals surface area contributed by atoms with Crippen molar-refractivity contribution in [1.29, 1.82) is 0 Å². The summed E-state index contributed by atoms with van der Waals surface area (Å²) in [7, 11) is 0. The molecule has 0 aromatic carbocycles. The molecule has 3 N–H and O–H groups in total. The van der Waals surface area contributed by atoms with Gasteiger partial charge in [-0.3, -0.25) is 9.59 Å². The third-order valence-electron chi connectivity index (χ3n) is 4.43. The molecule has 2 bridgehead atoms. The second-order valence-corrected chi connectivity index (χ2v) is 6.30. The van der Waals surface area contributed by atoms with Gasteiger partial charge >= 0.3 is 0 Å². The first-order valence-corrected chi connectivity index (χ1v) is 7.51.